The highest BCUT2D eigenvalue weighted by molar-refractivity contribution is 6.30. The lowest BCUT2D eigenvalue weighted by atomic mass is 10.2. The third kappa shape index (κ3) is 6.48. The molecule has 0 aliphatic rings. The van der Waals surface area contributed by atoms with Crippen LogP contribution >= 0.6 is 11.6 Å². The number of halogens is 1. The van der Waals surface area contributed by atoms with Crippen LogP contribution in [-0.2, 0) is 4.79 Å². The summed E-state index contributed by atoms with van der Waals surface area (Å²) in [6, 6.07) is 5.70. The van der Waals surface area contributed by atoms with Gasteiger partial charge in [0.05, 0.1) is 0 Å². The summed E-state index contributed by atoms with van der Waals surface area (Å²) in [5, 5.41) is 6.91. The fourth-order valence-electron chi connectivity index (χ4n) is 1.83. The van der Waals surface area contributed by atoms with Gasteiger partial charge in [0.2, 0.25) is 5.91 Å². The van der Waals surface area contributed by atoms with Crippen LogP contribution in [0.25, 0.3) is 0 Å². The van der Waals surface area contributed by atoms with Crippen molar-refractivity contribution >= 4 is 23.2 Å². The lowest BCUT2D eigenvalue weighted by molar-refractivity contribution is -0.120. The molecule has 0 unspecified atom stereocenters. The topological polar surface area (TPSA) is 41.1 Å². The van der Waals surface area contributed by atoms with E-state index in [0.717, 1.165) is 29.2 Å². The van der Waals surface area contributed by atoms with E-state index in [0.29, 0.717) is 13.0 Å². The van der Waals surface area contributed by atoms with E-state index in [-0.39, 0.29) is 5.91 Å². The summed E-state index contributed by atoms with van der Waals surface area (Å²) in [6.45, 7) is 5.58. The monoisotopic (exact) mass is 282 g/mol. The zero-order valence-electron chi connectivity index (χ0n) is 11.8. The SMILES string of the molecule is CCCCCNC(=O)CCNc1ccc(Cl)cc1C. The number of anilines is 1. The van der Waals surface area contributed by atoms with Gasteiger partial charge in [-0.15, -0.1) is 0 Å². The molecular weight excluding hydrogens is 260 g/mol. The Balaban J connectivity index is 2.20. The Morgan fingerprint density at radius 3 is 2.74 bits per heavy atom. The van der Waals surface area contributed by atoms with E-state index in [2.05, 4.69) is 17.6 Å². The first-order chi connectivity index (χ1) is 9.13. The first-order valence-corrected chi connectivity index (χ1v) is 7.28. The largest absolute Gasteiger partial charge is 0.384 e. The van der Waals surface area contributed by atoms with Crippen molar-refractivity contribution in [2.75, 3.05) is 18.4 Å². The molecule has 0 aromatic heterocycles. The third-order valence-electron chi connectivity index (χ3n) is 2.96. The van der Waals surface area contributed by atoms with Crippen molar-refractivity contribution in [2.45, 2.75) is 39.5 Å². The third-order valence-corrected chi connectivity index (χ3v) is 3.19. The molecule has 1 aromatic rings. The Morgan fingerprint density at radius 1 is 1.26 bits per heavy atom. The molecule has 19 heavy (non-hydrogen) atoms. The average molecular weight is 283 g/mol. The normalized spacial score (nSPS) is 10.3. The number of carbonyl (C=O) groups is 1. The van der Waals surface area contributed by atoms with Crippen molar-refractivity contribution < 1.29 is 4.79 Å². The highest BCUT2D eigenvalue weighted by Crippen LogP contribution is 2.19. The van der Waals surface area contributed by atoms with Gasteiger partial charge in [-0.05, 0) is 37.1 Å². The molecule has 0 aliphatic heterocycles. The standard InChI is InChI=1S/C15H23ClN2O/c1-3-4-5-9-18-15(19)8-10-17-14-7-6-13(16)11-12(14)2/h6-7,11,17H,3-5,8-10H2,1-2H3,(H,18,19). The van der Waals surface area contributed by atoms with Gasteiger partial charge in [-0.1, -0.05) is 31.4 Å². The minimum Gasteiger partial charge on any atom is -0.384 e. The van der Waals surface area contributed by atoms with E-state index in [1.807, 2.05) is 25.1 Å². The first kappa shape index (κ1) is 15.8. The van der Waals surface area contributed by atoms with E-state index in [9.17, 15) is 4.79 Å². The van der Waals surface area contributed by atoms with Crippen LogP contribution in [0.5, 0.6) is 0 Å². The predicted molar refractivity (Wildman–Crippen MR) is 81.8 cm³/mol. The Kier molecular flexibility index (Phi) is 7.34. The summed E-state index contributed by atoms with van der Waals surface area (Å²) in [4.78, 5) is 11.6. The van der Waals surface area contributed by atoms with Crippen LogP contribution in [0.2, 0.25) is 5.02 Å². The highest BCUT2D eigenvalue weighted by Gasteiger charge is 2.02. The summed E-state index contributed by atoms with van der Waals surface area (Å²) < 4.78 is 0. The van der Waals surface area contributed by atoms with Crippen LogP contribution in [0, 0.1) is 6.92 Å². The van der Waals surface area contributed by atoms with Crippen LogP contribution in [0.1, 0.15) is 38.2 Å². The van der Waals surface area contributed by atoms with Crippen molar-refractivity contribution in [2.24, 2.45) is 0 Å². The summed E-state index contributed by atoms with van der Waals surface area (Å²) in [7, 11) is 0. The number of aryl methyl sites for hydroxylation is 1. The Labute approximate surface area is 120 Å². The number of rotatable bonds is 8. The molecule has 0 aliphatic carbocycles. The number of amides is 1. The van der Waals surface area contributed by atoms with Gasteiger partial charge in [0, 0.05) is 30.2 Å². The smallest absolute Gasteiger partial charge is 0.221 e. The van der Waals surface area contributed by atoms with Crippen molar-refractivity contribution in [3.63, 3.8) is 0 Å². The maximum Gasteiger partial charge on any atom is 0.221 e. The highest BCUT2D eigenvalue weighted by atomic mass is 35.5. The molecule has 106 valence electrons. The molecule has 0 heterocycles. The van der Waals surface area contributed by atoms with E-state index in [4.69, 9.17) is 11.6 Å². The van der Waals surface area contributed by atoms with Gasteiger partial charge < -0.3 is 10.6 Å². The van der Waals surface area contributed by atoms with Gasteiger partial charge in [0.25, 0.3) is 0 Å². The predicted octanol–water partition coefficient (Wildman–Crippen LogP) is 3.76. The van der Waals surface area contributed by atoms with Crippen molar-refractivity contribution in [3.05, 3.63) is 28.8 Å². The second-order valence-corrected chi connectivity index (χ2v) is 5.13. The number of benzene rings is 1. The lowest BCUT2D eigenvalue weighted by Crippen LogP contribution is -2.26. The maximum atomic E-state index is 11.6. The molecule has 0 atom stereocenters. The molecular formula is C15H23ClN2O. The minimum absolute atomic E-state index is 0.107. The number of unbranched alkanes of at least 4 members (excludes halogenated alkanes) is 2. The zero-order valence-corrected chi connectivity index (χ0v) is 12.5. The lowest BCUT2D eigenvalue weighted by Gasteiger charge is -2.10. The Morgan fingerprint density at radius 2 is 2.05 bits per heavy atom. The van der Waals surface area contributed by atoms with Crippen LogP contribution in [0.15, 0.2) is 18.2 Å². The Hall–Kier alpha value is -1.22. The van der Waals surface area contributed by atoms with Crippen molar-refractivity contribution in [1.82, 2.24) is 5.32 Å². The number of carbonyl (C=O) groups excluding carboxylic acids is 1. The molecule has 0 saturated heterocycles. The average Bonchev–Trinajstić information content (AvgIpc) is 2.37. The second kappa shape index (κ2) is 8.81. The van der Waals surface area contributed by atoms with E-state index in [1.54, 1.807) is 0 Å². The Bertz CT molecular complexity index is 407. The first-order valence-electron chi connectivity index (χ1n) is 6.90. The molecule has 1 amide bonds. The molecule has 0 bridgehead atoms. The summed E-state index contributed by atoms with van der Waals surface area (Å²) >= 11 is 5.89. The number of nitrogens with one attached hydrogen (secondary N) is 2. The molecule has 1 aromatic carbocycles. The maximum absolute atomic E-state index is 11.6. The van der Waals surface area contributed by atoms with E-state index in [1.165, 1.54) is 12.8 Å². The fraction of sp³-hybridized carbons (Fsp3) is 0.533. The van der Waals surface area contributed by atoms with Crippen LogP contribution in [-0.4, -0.2) is 19.0 Å². The van der Waals surface area contributed by atoms with Gasteiger partial charge >= 0.3 is 0 Å². The van der Waals surface area contributed by atoms with E-state index < -0.39 is 0 Å². The molecule has 0 spiro atoms. The van der Waals surface area contributed by atoms with Gasteiger partial charge in [-0.3, -0.25) is 4.79 Å². The van der Waals surface area contributed by atoms with Crippen LogP contribution in [0.3, 0.4) is 0 Å². The molecule has 2 N–H and O–H groups in total. The van der Waals surface area contributed by atoms with E-state index >= 15 is 0 Å². The van der Waals surface area contributed by atoms with Crippen molar-refractivity contribution in [3.8, 4) is 0 Å². The number of hydrogen-bond acceptors (Lipinski definition) is 2. The molecule has 0 radical (unpaired) electrons. The van der Waals surface area contributed by atoms with Gasteiger partial charge in [0.1, 0.15) is 0 Å². The van der Waals surface area contributed by atoms with Crippen molar-refractivity contribution in [1.29, 1.82) is 0 Å². The molecule has 1 rings (SSSR count). The molecule has 0 saturated carbocycles. The molecule has 0 fully saturated rings. The molecule has 3 nitrogen and oxygen atoms in total. The molecule has 4 heteroatoms. The summed E-state index contributed by atoms with van der Waals surface area (Å²) in [6.07, 6.45) is 3.90. The van der Waals surface area contributed by atoms with Crippen LogP contribution < -0.4 is 10.6 Å². The van der Waals surface area contributed by atoms with Crippen LogP contribution in [0.4, 0.5) is 5.69 Å². The number of hydrogen-bond donors (Lipinski definition) is 2. The van der Waals surface area contributed by atoms with Gasteiger partial charge in [-0.2, -0.15) is 0 Å². The van der Waals surface area contributed by atoms with Gasteiger partial charge in [-0.25, -0.2) is 0 Å². The minimum atomic E-state index is 0.107. The zero-order chi connectivity index (χ0) is 14.1. The quantitative estimate of drug-likeness (QED) is 0.713. The summed E-state index contributed by atoms with van der Waals surface area (Å²) in [5.74, 6) is 0.107. The fourth-order valence-corrected chi connectivity index (χ4v) is 2.05. The summed E-state index contributed by atoms with van der Waals surface area (Å²) in [5.41, 5.74) is 2.12. The van der Waals surface area contributed by atoms with Gasteiger partial charge in [0.15, 0.2) is 0 Å². The second-order valence-electron chi connectivity index (χ2n) is 4.69.